The first-order valence-corrected chi connectivity index (χ1v) is 11.7. The second-order valence-corrected chi connectivity index (χ2v) is 9.07. The Kier molecular flexibility index (Phi) is 6.27. The van der Waals surface area contributed by atoms with E-state index < -0.39 is 10.0 Å². The topological polar surface area (TPSA) is 110 Å². The summed E-state index contributed by atoms with van der Waals surface area (Å²) in [5.74, 6) is 0.898. The molecule has 0 amide bonds. The molecule has 0 bridgehead atoms. The molecule has 0 atom stereocenters. The van der Waals surface area contributed by atoms with E-state index in [1.807, 2.05) is 12.1 Å². The Balaban J connectivity index is 1.59. The number of hydrogen-bond acceptors (Lipinski definition) is 6. The smallest absolute Gasteiger partial charge is 0.276 e. The summed E-state index contributed by atoms with van der Waals surface area (Å²) in [6, 6.07) is 13.6. The van der Waals surface area contributed by atoms with Gasteiger partial charge in [-0.15, -0.1) is 0 Å². The number of methoxy groups -OCH3 is 1. The first-order valence-electron chi connectivity index (χ1n) is 10.3. The van der Waals surface area contributed by atoms with E-state index in [4.69, 9.17) is 4.74 Å². The van der Waals surface area contributed by atoms with E-state index in [1.54, 1.807) is 56.9 Å². The standard InChI is InChI=1S/C23H23N5O4S/c1-3-27(19-7-5-4-6-8-19)33(30,31)21-9-10-22(25-16-21)28-23(29)18(14-26-28)11-17-12-20(32-2)15-24-13-17/h4-10,12-16,26H,3,11H2,1-2H3. The van der Waals surface area contributed by atoms with Crippen LogP contribution in [0.3, 0.4) is 0 Å². The molecule has 0 radical (unpaired) electrons. The predicted molar refractivity (Wildman–Crippen MR) is 124 cm³/mol. The molecule has 0 aliphatic carbocycles. The van der Waals surface area contributed by atoms with Gasteiger partial charge in [0.15, 0.2) is 5.82 Å². The van der Waals surface area contributed by atoms with Crippen LogP contribution >= 0.6 is 0 Å². The molecule has 0 saturated heterocycles. The lowest BCUT2D eigenvalue weighted by Crippen LogP contribution is -2.30. The number of nitrogens with zero attached hydrogens (tertiary/aromatic N) is 4. The minimum absolute atomic E-state index is 0.0410. The molecule has 9 nitrogen and oxygen atoms in total. The largest absolute Gasteiger partial charge is 0.495 e. The number of H-pyrrole nitrogens is 1. The van der Waals surface area contributed by atoms with Crippen LogP contribution in [0, 0.1) is 0 Å². The maximum atomic E-state index is 13.1. The van der Waals surface area contributed by atoms with Crippen molar-refractivity contribution < 1.29 is 13.2 Å². The third-order valence-electron chi connectivity index (χ3n) is 5.11. The van der Waals surface area contributed by atoms with Crippen LogP contribution in [-0.4, -0.2) is 41.8 Å². The van der Waals surface area contributed by atoms with Crippen LogP contribution in [0.1, 0.15) is 18.1 Å². The Morgan fingerprint density at radius 3 is 2.55 bits per heavy atom. The van der Waals surface area contributed by atoms with Crippen molar-refractivity contribution in [1.29, 1.82) is 0 Å². The molecular formula is C23H23N5O4S. The highest BCUT2D eigenvalue weighted by Crippen LogP contribution is 2.23. The molecule has 4 rings (SSSR count). The van der Waals surface area contributed by atoms with Crippen molar-refractivity contribution in [3.63, 3.8) is 0 Å². The minimum Gasteiger partial charge on any atom is -0.495 e. The van der Waals surface area contributed by atoms with E-state index in [2.05, 4.69) is 15.1 Å². The predicted octanol–water partition coefficient (Wildman–Crippen LogP) is 2.77. The van der Waals surface area contributed by atoms with Crippen molar-refractivity contribution in [3.8, 4) is 11.6 Å². The molecule has 0 saturated carbocycles. The van der Waals surface area contributed by atoms with Gasteiger partial charge < -0.3 is 4.74 Å². The van der Waals surface area contributed by atoms with Gasteiger partial charge in [-0.05, 0) is 42.8 Å². The molecule has 1 aromatic carbocycles. The van der Waals surface area contributed by atoms with Crippen molar-refractivity contribution in [1.82, 2.24) is 19.7 Å². The number of rotatable bonds is 8. The Labute approximate surface area is 191 Å². The zero-order valence-electron chi connectivity index (χ0n) is 18.2. The van der Waals surface area contributed by atoms with E-state index in [0.717, 1.165) is 5.56 Å². The number of benzene rings is 1. The fraction of sp³-hybridized carbons (Fsp3) is 0.174. The molecule has 0 aliphatic heterocycles. The number of para-hydroxylation sites is 1. The van der Waals surface area contributed by atoms with Crippen molar-refractivity contribution >= 4 is 15.7 Å². The highest BCUT2D eigenvalue weighted by Gasteiger charge is 2.24. The van der Waals surface area contributed by atoms with E-state index in [1.165, 1.54) is 27.3 Å². The van der Waals surface area contributed by atoms with Gasteiger partial charge >= 0.3 is 0 Å². The summed E-state index contributed by atoms with van der Waals surface area (Å²) < 4.78 is 34.0. The van der Waals surface area contributed by atoms with Gasteiger partial charge in [0, 0.05) is 37.1 Å². The number of aromatic nitrogens is 4. The average Bonchev–Trinajstić information content (AvgIpc) is 3.20. The van der Waals surface area contributed by atoms with Gasteiger partial charge in [-0.1, -0.05) is 18.2 Å². The normalized spacial score (nSPS) is 11.3. The molecule has 0 aliphatic rings. The van der Waals surface area contributed by atoms with Gasteiger partial charge in [0.25, 0.3) is 15.6 Å². The Morgan fingerprint density at radius 1 is 1.09 bits per heavy atom. The van der Waals surface area contributed by atoms with Gasteiger partial charge in [-0.3, -0.25) is 19.2 Å². The first kappa shape index (κ1) is 22.3. The van der Waals surface area contributed by atoms with Crippen molar-refractivity contribution in [3.05, 3.63) is 94.8 Å². The minimum atomic E-state index is -3.80. The fourth-order valence-electron chi connectivity index (χ4n) is 3.47. The molecule has 0 unspecified atom stereocenters. The number of anilines is 1. The van der Waals surface area contributed by atoms with Crippen molar-refractivity contribution in [2.75, 3.05) is 18.0 Å². The first-order chi connectivity index (χ1) is 15.9. The number of nitrogens with one attached hydrogen (secondary N) is 1. The number of pyridine rings is 2. The van der Waals surface area contributed by atoms with Gasteiger partial charge in [0.1, 0.15) is 10.6 Å². The maximum absolute atomic E-state index is 13.1. The third kappa shape index (κ3) is 4.51. The summed E-state index contributed by atoms with van der Waals surface area (Å²) in [4.78, 5) is 21.2. The number of ether oxygens (including phenoxy) is 1. The van der Waals surface area contributed by atoms with Gasteiger partial charge in [0.05, 0.1) is 19.0 Å². The average molecular weight is 466 g/mol. The molecule has 0 spiro atoms. The van der Waals surface area contributed by atoms with Gasteiger partial charge in [-0.2, -0.15) is 0 Å². The Hall–Kier alpha value is -3.92. The highest BCUT2D eigenvalue weighted by atomic mass is 32.2. The van der Waals surface area contributed by atoms with E-state index in [0.29, 0.717) is 23.4 Å². The van der Waals surface area contributed by atoms with Crippen LogP contribution < -0.4 is 14.6 Å². The van der Waals surface area contributed by atoms with Crippen molar-refractivity contribution in [2.24, 2.45) is 0 Å². The van der Waals surface area contributed by atoms with Crippen LogP contribution in [-0.2, 0) is 16.4 Å². The zero-order valence-corrected chi connectivity index (χ0v) is 19.0. The van der Waals surface area contributed by atoms with Crippen molar-refractivity contribution in [2.45, 2.75) is 18.2 Å². The number of hydrogen-bond donors (Lipinski definition) is 1. The molecule has 0 fully saturated rings. The summed E-state index contributed by atoms with van der Waals surface area (Å²) >= 11 is 0. The lowest BCUT2D eigenvalue weighted by molar-refractivity contribution is 0.412. The van der Waals surface area contributed by atoms with E-state index >= 15 is 0 Å². The Bertz CT molecular complexity index is 1400. The summed E-state index contributed by atoms with van der Waals surface area (Å²) in [6.07, 6.45) is 6.48. The number of sulfonamides is 1. The van der Waals surface area contributed by atoms with Crippen LogP contribution in [0.15, 0.2) is 83.0 Å². The molecule has 4 aromatic rings. The van der Waals surface area contributed by atoms with E-state index in [-0.39, 0.29) is 22.8 Å². The quantitative estimate of drug-likeness (QED) is 0.428. The zero-order chi connectivity index (χ0) is 23.4. The molecule has 3 heterocycles. The summed E-state index contributed by atoms with van der Waals surface area (Å²) in [7, 11) is -2.25. The van der Waals surface area contributed by atoms with Gasteiger partial charge in [0.2, 0.25) is 0 Å². The molecular weight excluding hydrogens is 442 g/mol. The van der Waals surface area contributed by atoms with Crippen LogP contribution in [0.4, 0.5) is 5.69 Å². The molecule has 3 aromatic heterocycles. The third-order valence-corrected chi connectivity index (χ3v) is 7.00. The summed E-state index contributed by atoms with van der Waals surface area (Å²) in [6.45, 7) is 2.04. The monoisotopic (exact) mass is 465 g/mol. The van der Waals surface area contributed by atoms with E-state index in [9.17, 15) is 13.2 Å². The SMILES string of the molecule is CCN(c1ccccc1)S(=O)(=O)c1ccc(-n2[nH]cc(Cc3cncc(OC)c3)c2=O)nc1. The van der Waals surface area contributed by atoms with Gasteiger partial charge in [-0.25, -0.2) is 18.1 Å². The summed E-state index contributed by atoms with van der Waals surface area (Å²) in [5.41, 5.74) is 1.64. The Morgan fingerprint density at radius 2 is 1.88 bits per heavy atom. The fourth-order valence-corrected chi connectivity index (χ4v) is 4.88. The molecule has 1 N–H and O–H groups in total. The second-order valence-electron chi connectivity index (χ2n) is 7.21. The highest BCUT2D eigenvalue weighted by molar-refractivity contribution is 7.92. The lowest BCUT2D eigenvalue weighted by atomic mass is 10.1. The maximum Gasteiger partial charge on any atom is 0.276 e. The van der Waals surface area contributed by atoms with Crippen LogP contribution in [0.2, 0.25) is 0 Å². The lowest BCUT2D eigenvalue weighted by Gasteiger charge is -2.22. The summed E-state index contributed by atoms with van der Waals surface area (Å²) in [5, 5.41) is 2.89. The molecule has 33 heavy (non-hydrogen) atoms. The van der Waals surface area contributed by atoms with Crippen LogP contribution in [0.25, 0.3) is 5.82 Å². The second kappa shape index (κ2) is 9.29. The molecule has 170 valence electrons. The van der Waals surface area contributed by atoms with Crippen LogP contribution in [0.5, 0.6) is 5.75 Å². The molecule has 10 heteroatoms. The number of aromatic amines is 1.